The molecule has 0 saturated carbocycles. The van der Waals surface area contributed by atoms with E-state index >= 15 is 0 Å². The van der Waals surface area contributed by atoms with Gasteiger partial charge >= 0.3 is 6.09 Å². The van der Waals surface area contributed by atoms with E-state index in [1.165, 1.54) is 4.90 Å². The number of aliphatic hydroxyl groups excluding tert-OH is 2. The molecule has 11 nitrogen and oxygen atoms in total. The Morgan fingerprint density at radius 3 is 2.33 bits per heavy atom. The van der Waals surface area contributed by atoms with Crippen molar-refractivity contribution in [3.05, 3.63) is 131 Å². The van der Waals surface area contributed by atoms with Gasteiger partial charge < -0.3 is 29.7 Å². The molecule has 0 bridgehead atoms. The van der Waals surface area contributed by atoms with Crippen molar-refractivity contribution in [1.82, 2.24) is 15.1 Å². The van der Waals surface area contributed by atoms with E-state index in [2.05, 4.69) is 10.2 Å². The summed E-state index contributed by atoms with van der Waals surface area (Å²) in [7, 11) is 0. The zero-order chi connectivity index (χ0) is 36.0. The molecule has 4 aromatic rings. The molecule has 3 saturated heterocycles. The molecule has 3 amide bonds. The van der Waals surface area contributed by atoms with E-state index in [4.69, 9.17) is 14.2 Å². The van der Waals surface area contributed by atoms with E-state index in [0.29, 0.717) is 19.5 Å². The third-order valence-corrected chi connectivity index (χ3v) is 9.86. The van der Waals surface area contributed by atoms with Crippen LogP contribution in [0.1, 0.15) is 59.5 Å². The van der Waals surface area contributed by atoms with Crippen LogP contribution < -0.4 is 5.32 Å². The molecule has 3 aliphatic rings. The van der Waals surface area contributed by atoms with Crippen molar-refractivity contribution >= 4 is 17.9 Å². The van der Waals surface area contributed by atoms with Crippen molar-refractivity contribution in [2.75, 3.05) is 19.6 Å². The fourth-order valence-corrected chi connectivity index (χ4v) is 7.03. The minimum Gasteiger partial charge on any atom is -0.445 e. The minimum absolute atomic E-state index is 0.0208. The van der Waals surface area contributed by atoms with E-state index in [9.17, 15) is 24.6 Å². The summed E-state index contributed by atoms with van der Waals surface area (Å²) in [6, 6.07) is 31.7. The fourth-order valence-electron chi connectivity index (χ4n) is 7.03. The summed E-state index contributed by atoms with van der Waals surface area (Å²) < 4.78 is 18.3. The number of hydrogen-bond donors (Lipinski definition) is 3. The standard InChI is InChI=1S/C41H43N3O8/c45-25-27-9-11-31(12-10-27)37-20-35(24-43-18-17-34(46)23-43)51-40(52-37)32-15-13-30(14-16-32)33-8-4-7-29(19-33)22-44-38(47)21-36(39(44)48)42-41(49)50-26-28-5-2-1-3-6-28/h1-16,19,34-37,40,45-46H,17-18,20-26H2,(H,42,49)/t34-,35+,36?,37-,40-/m0/s1. The predicted molar refractivity (Wildman–Crippen MR) is 191 cm³/mol. The number of carbonyl (C=O) groups excluding carboxylic acids is 3. The summed E-state index contributed by atoms with van der Waals surface area (Å²) in [5.41, 5.74) is 6.19. The molecule has 0 aliphatic carbocycles. The topological polar surface area (TPSA) is 138 Å². The molecule has 0 spiro atoms. The van der Waals surface area contributed by atoms with Gasteiger partial charge in [-0.25, -0.2) is 4.79 Å². The van der Waals surface area contributed by atoms with Crippen LogP contribution in [-0.2, 0) is 43.6 Å². The first-order chi connectivity index (χ1) is 25.3. The number of benzene rings is 4. The maximum Gasteiger partial charge on any atom is 0.408 e. The van der Waals surface area contributed by atoms with Crippen molar-refractivity contribution in [1.29, 1.82) is 0 Å². The number of imide groups is 1. The Morgan fingerprint density at radius 2 is 1.60 bits per heavy atom. The van der Waals surface area contributed by atoms with Gasteiger partial charge in [0.2, 0.25) is 5.91 Å². The zero-order valence-electron chi connectivity index (χ0n) is 28.8. The lowest BCUT2D eigenvalue weighted by Crippen LogP contribution is -2.41. The van der Waals surface area contributed by atoms with Crippen molar-refractivity contribution in [2.24, 2.45) is 0 Å². The second kappa shape index (κ2) is 16.2. The highest BCUT2D eigenvalue weighted by atomic mass is 16.7. The van der Waals surface area contributed by atoms with Crippen LogP contribution in [0.15, 0.2) is 103 Å². The molecule has 3 fully saturated rings. The van der Waals surface area contributed by atoms with Crippen LogP contribution in [0, 0.1) is 0 Å². The molecule has 4 aromatic carbocycles. The zero-order valence-corrected chi connectivity index (χ0v) is 28.8. The average Bonchev–Trinajstić information content (AvgIpc) is 3.70. The molecular weight excluding hydrogens is 662 g/mol. The third kappa shape index (κ3) is 8.58. The van der Waals surface area contributed by atoms with Crippen LogP contribution in [0.3, 0.4) is 0 Å². The molecule has 11 heteroatoms. The second-order valence-electron chi connectivity index (χ2n) is 13.7. The number of aliphatic hydroxyl groups is 2. The van der Waals surface area contributed by atoms with Gasteiger partial charge in [0.25, 0.3) is 5.91 Å². The number of nitrogens with zero attached hydrogens (tertiary/aromatic N) is 2. The van der Waals surface area contributed by atoms with Crippen molar-refractivity contribution < 1.29 is 38.8 Å². The molecule has 1 unspecified atom stereocenters. The van der Waals surface area contributed by atoms with Gasteiger partial charge in [0.1, 0.15) is 12.6 Å². The molecule has 7 rings (SSSR count). The smallest absolute Gasteiger partial charge is 0.408 e. The van der Waals surface area contributed by atoms with E-state index in [0.717, 1.165) is 51.9 Å². The number of amides is 3. The largest absolute Gasteiger partial charge is 0.445 e. The summed E-state index contributed by atoms with van der Waals surface area (Å²) in [5, 5.41) is 22.1. The monoisotopic (exact) mass is 705 g/mol. The maximum atomic E-state index is 13.1. The number of nitrogens with one attached hydrogen (secondary N) is 1. The van der Waals surface area contributed by atoms with Gasteiger partial charge in [-0.3, -0.25) is 19.4 Å². The van der Waals surface area contributed by atoms with Gasteiger partial charge in [0.05, 0.1) is 37.9 Å². The number of hydrogen-bond acceptors (Lipinski definition) is 9. The van der Waals surface area contributed by atoms with Crippen molar-refractivity contribution in [2.45, 2.75) is 69.7 Å². The number of β-amino-alcohol motifs (C(OH)–C–C–N with tert-alkyl or cyclic N) is 1. The van der Waals surface area contributed by atoms with Gasteiger partial charge in [-0.1, -0.05) is 97.1 Å². The number of ether oxygens (including phenoxy) is 3. The fraction of sp³-hybridized carbons (Fsp3) is 0.341. The van der Waals surface area contributed by atoms with Gasteiger partial charge in [0.15, 0.2) is 6.29 Å². The van der Waals surface area contributed by atoms with Crippen molar-refractivity contribution in [3.63, 3.8) is 0 Å². The van der Waals surface area contributed by atoms with E-state index in [1.54, 1.807) is 0 Å². The lowest BCUT2D eigenvalue weighted by molar-refractivity contribution is -0.252. The summed E-state index contributed by atoms with van der Waals surface area (Å²) >= 11 is 0. The van der Waals surface area contributed by atoms with E-state index in [1.807, 2.05) is 103 Å². The van der Waals surface area contributed by atoms with Gasteiger partial charge in [-0.15, -0.1) is 0 Å². The van der Waals surface area contributed by atoms with Crippen LogP contribution in [0.25, 0.3) is 11.1 Å². The highest BCUT2D eigenvalue weighted by Gasteiger charge is 2.40. The quantitative estimate of drug-likeness (QED) is 0.184. The lowest BCUT2D eigenvalue weighted by atomic mass is 9.99. The number of likely N-dealkylation sites (tertiary alicyclic amines) is 2. The second-order valence-corrected chi connectivity index (χ2v) is 13.7. The van der Waals surface area contributed by atoms with E-state index in [-0.39, 0.29) is 50.4 Å². The summed E-state index contributed by atoms with van der Waals surface area (Å²) in [5.74, 6) is -0.826. The van der Waals surface area contributed by atoms with Crippen LogP contribution in [0.2, 0.25) is 0 Å². The molecule has 52 heavy (non-hydrogen) atoms. The first-order valence-corrected chi connectivity index (χ1v) is 17.7. The minimum atomic E-state index is -0.975. The third-order valence-electron chi connectivity index (χ3n) is 9.86. The van der Waals surface area contributed by atoms with E-state index < -0.39 is 24.3 Å². The number of rotatable bonds is 11. The maximum absolute atomic E-state index is 13.1. The highest BCUT2D eigenvalue weighted by Crippen LogP contribution is 2.39. The Balaban J connectivity index is 0.996. The highest BCUT2D eigenvalue weighted by molar-refractivity contribution is 6.06. The SMILES string of the molecule is O=C(NC1CC(=O)N(Cc2cccc(-c3ccc([C@H]4O[C@@H](CN5CC[C@H](O)C5)C[C@@H](c5ccc(CO)cc5)O4)cc3)c2)C1=O)OCc1ccccc1. The van der Waals surface area contributed by atoms with Crippen LogP contribution in [0.5, 0.6) is 0 Å². The lowest BCUT2D eigenvalue weighted by Gasteiger charge is -2.37. The number of alkyl carbamates (subject to hydrolysis) is 1. The van der Waals surface area contributed by atoms with Gasteiger partial charge in [-0.2, -0.15) is 0 Å². The Kier molecular flexibility index (Phi) is 11.0. The molecule has 0 aromatic heterocycles. The summed E-state index contributed by atoms with van der Waals surface area (Å²) in [4.78, 5) is 41.8. The summed E-state index contributed by atoms with van der Waals surface area (Å²) in [6.07, 6.45) is -0.658. The molecule has 5 atom stereocenters. The molecule has 270 valence electrons. The van der Waals surface area contributed by atoms with Crippen LogP contribution in [-0.4, -0.2) is 75.8 Å². The Labute approximate surface area is 302 Å². The molecule has 0 radical (unpaired) electrons. The molecule has 3 heterocycles. The summed E-state index contributed by atoms with van der Waals surface area (Å²) in [6.45, 7) is 2.29. The number of carbonyl (C=O) groups is 3. The van der Waals surface area contributed by atoms with Crippen molar-refractivity contribution in [3.8, 4) is 11.1 Å². The average molecular weight is 706 g/mol. The van der Waals surface area contributed by atoms with Crippen LogP contribution >= 0.6 is 0 Å². The first-order valence-electron chi connectivity index (χ1n) is 17.7. The predicted octanol–water partition coefficient (Wildman–Crippen LogP) is 5.01. The Hall–Kier alpha value is -4.91. The Morgan fingerprint density at radius 1 is 0.846 bits per heavy atom. The molecule has 3 aliphatic heterocycles. The molecular formula is C41H43N3O8. The normalized spacial score (nSPS) is 23.6. The first kappa shape index (κ1) is 35.5. The van der Waals surface area contributed by atoms with Crippen LogP contribution in [0.4, 0.5) is 4.79 Å². The Bertz CT molecular complexity index is 1850. The molecule has 3 N–H and O–H groups in total. The van der Waals surface area contributed by atoms with Gasteiger partial charge in [0, 0.05) is 31.6 Å². The van der Waals surface area contributed by atoms with Gasteiger partial charge in [-0.05, 0) is 45.9 Å².